The van der Waals surface area contributed by atoms with E-state index in [4.69, 9.17) is 0 Å². The van der Waals surface area contributed by atoms with Crippen molar-refractivity contribution in [3.63, 3.8) is 0 Å². The average Bonchev–Trinajstić information content (AvgIpc) is 3.18. The molecule has 3 amide bonds. The molecule has 2 aliphatic heterocycles. The fraction of sp³-hybridized carbons (Fsp3) is 0.350. The number of hydrogen-bond donors (Lipinski definition) is 1. The Balaban J connectivity index is 1.29. The van der Waals surface area contributed by atoms with Gasteiger partial charge < -0.3 is 9.88 Å². The van der Waals surface area contributed by atoms with Gasteiger partial charge in [0.25, 0.3) is 5.91 Å². The number of imide groups is 1. The Bertz CT molecular complexity index is 928. The van der Waals surface area contributed by atoms with E-state index in [-0.39, 0.29) is 35.6 Å². The van der Waals surface area contributed by atoms with Crippen molar-refractivity contribution in [2.75, 3.05) is 13.1 Å². The van der Waals surface area contributed by atoms with Crippen molar-refractivity contribution in [3.8, 4) is 0 Å². The quantitative estimate of drug-likeness (QED) is 0.665. The first kappa shape index (κ1) is 15.4. The highest BCUT2D eigenvalue weighted by Gasteiger charge is 2.52. The molecular formula is C20H19N3O3. The van der Waals surface area contributed by atoms with Gasteiger partial charge in [0, 0.05) is 30.4 Å². The summed E-state index contributed by atoms with van der Waals surface area (Å²) in [6, 6.07) is 7.36. The summed E-state index contributed by atoms with van der Waals surface area (Å²) in [5.41, 5.74) is 1.55. The first-order chi connectivity index (χ1) is 12.6. The van der Waals surface area contributed by atoms with Crippen molar-refractivity contribution in [1.29, 1.82) is 0 Å². The van der Waals surface area contributed by atoms with Crippen molar-refractivity contribution in [3.05, 3.63) is 48.2 Å². The number of fused-ring (bicyclic) bond motifs is 2. The van der Waals surface area contributed by atoms with Gasteiger partial charge in [0.2, 0.25) is 11.8 Å². The summed E-state index contributed by atoms with van der Waals surface area (Å²) in [5, 5.41) is 1.06. The van der Waals surface area contributed by atoms with Gasteiger partial charge in [0.15, 0.2) is 0 Å². The number of nitrogens with zero attached hydrogens (tertiary/aromatic N) is 2. The standard InChI is InChI=1S/C20H19N3O3/c24-18(13-6-5-12-7-8-21-17(12)9-13)22-10-14(11-22)23-19(25)15-3-1-2-4-16(15)20(23)26/h1-2,5-9,14-16,21H,3-4,10-11H2/t15-,16+. The first-order valence-electron chi connectivity index (χ1n) is 9.02. The minimum absolute atomic E-state index is 0.0593. The van der Waals surface area contributed by atoms with Crippen LogP contribution in [0.25, 0.3) is 10.9 Å². The van der Waals surface area contributed by atoms with Crippen LogP contribution < -0.4 is 0 Å². The zero-order valence-electron chi connectivity index (χ0n) is 14.2. The second-order valence-corrected chi connectivity index (χ2v) is 7.35. The molecule has 0 radical (unpaired) electrons. The molecule has 6 nitrogen and oxygen atoms in total. The molecule has 3 heterocycles. The number of amides is 3. The third-order valence-corrected chi connectivity index (χ3v) is 5.86. The van der Waals surface area contributed by atoms with Crippen molar-refractivity contribution < 1.29 is 14.4 Å². The van der Waals surface area contributed by atoms with Crippen LogP contribution in [0.2, 0.25) is 0 Å². The number of carbonyl (C=O) groups excluding carboxylic acids is 3. The van der Waals surface area contributed by atoms with Gasteiger partial charge in [0.1, 0.15) is 0 Å². The highest BCUT2D eigenvalue weighted by Crippen LogP contribution is 2.37. The van der Waals surface area contributed by atoms with E-state index in [9.17, 15) is 14.4 Å². The topological polar surface area (TPSA) is 73.5 Å². The van der Waals surface area contributed by atoms with Crippen molar-refractivity contribution in [1.82, 2.24) is 14.8 Å². The summed E-state index contributed by atoms with van der Waals surface area (Å²) >= 11 is 0. The second-order valence-electron chi connectivity index (χ2n) is 7.35. The van der Waals surface area contributed by atoms with Crippen LogP contribution in [0.5, 0.6) is 0 Å². The Morgan fingerprint density at radius 3 is 2.38 bits per heavy atom. The maximum atomic E-state index is 12.7. The third kappa shape index (κ3) is 2.14. The molecule has 2 fully saturated rings. The van der Waals surface area contributed by atoms with E-state index in [0.717, 1.165) is 10.9 Å². The number of H-pyrrole nitrogens is 1. The van der Waals surface area contributed by atoms with Crippen LogP contribution in [0.4, 0.5) is 0 Å². The third-order valence-electron chi connectivity index (χ3n) is 5.86. The lowest BCUT2D eigenvalue weighted by molar-refractivity contribution is -0.145. The number of benzene rings is 1. The lowest BCUT2D eigenvalue weighted by atomic mass is 9.85. The Labute approximate surface area is 150 Å². The molecule has 0 bridgehead atoms. The predicted octanol–water partition coefficient (Wildman–Crippen LogP) is 1.94. The molecule has 5 rings (SSSR count). The Kier molecular flexibility index (Phi) is 3.29. The maximum Gasteiger partial charge on any atom is 0.254 e. The zero-order chi connectivity index (χ0) is 17.8. The van der Waals surface area contributed by atoms with Crippen LogP contribution in [0, 0.1) is 11.8 Å². The van der Waals surface area contributed by atoms with Gasteiger partial charge in [-0.2, -0.15) is 0 Å². The van der Waals surface area contributed by atoms with E-state index in [1.165, 1.54) is 4.90 Å². The van der Waals surface area contributed by atoms with E-state index in [2.05, 4.69) is 4.98 Å². The summed E-state index contributed by atoms with van der Waals surface area (Å²) < 4.78 is 0. The molecule has 3 aliphatic rings. The lowest BCUT2D eigenvalue weighted by Gasteiger charge is -2.43. The number of hydrogen-bond acceptors (Lipinski definition) is 3. The SMILES string of the molecule is O=C(c1ccc2cc[nH]c2c1)N1CC(N2C(=O)[C@H]3CC=CC[C@H]3C2=O)C1. The van der Waals surface area contributed by atoms with Gasteiger partial charge >= 0.3 is 0 Å². The molecule has 26 heavy (non-hydrogen) atoms. The maximum absolute atomic E-state index is 12.7. The largest absolute Gasteiger partial charge is 0.361 e. The summed E-state index contributed by atoms with van der Waals surface area (Å²) in [7, 11) is 0. The molecule has 0 saturated carbocycles. The molecular weight excluding hydrogens is 330 g/mol. The van der Waals surface area contributed by atoms with Crippen LogP contribution in [0.1, 0.15) is 23.2 Å². The average molecular weight is 349 g/mol. The molecule has 2 saturated heterocycles. The van der Waals surface area contributed by atoms with Gasteiger partial charge in [-0.1, -0.05) is 18.2 Å². The molecule has 1 aliphatic carbocycles. The van der Waals surface area contributed by atoms with Crippen LogP contribution >= 0.6 is 0 Å². The fourth-order valence-electron chi connectivity index (χ4n) is 4.33. The molecule has 6 heteroatoms. The number of aromatic nitrogens is 1. The molecule has 1 aromatic heterocycles. The second kappa shape index (κ2) is 5.56. The summed E-state index contributed by atoms with van der Waals surface area (Å²) in [6.45, 7) is 0.845. The molecule has 132 valence electrons. The molecule has 2 aromatic rings. The van der Waals surface area contributed by atoms with Crippen molar-refractivity contribution >= 4 is 28.6 Å². The van der Waals surface area contributed by atoms with Crippen LogP contribution in [0.3, 0.4) is 0 Å². The van der Waals surface area contributed by atoms with Gasteiger partial charge in [-0.15, -0.1) is 0 Å². The Hall–Kier alpha value is -2.89. The fourth-order valence-corrected chi connectivity index (χ4v) is 4.33. The predicted molar refractivity (Wildman–Crippen MR) is 95.2 cm³/mol. The van der Waals surface area contributed by atoms with Crippen LogP contribution in [-0.4, -0.2) is 51.6 Å². The number of likely N-dealkylation sites (tertiary alicyclic amines) is 2. The first-order valence-corrected chi connectivity index (χ1v) is 9.02. The highest BCUT2D eigenvalue weighted by molar-refractivity contribution is 6.06. The van der Waals surface area contributed by atoms with Gasteiger partial charge in [0.05, 0.1) is 17.9 Å². The Morgan fingerprint density at radius 1 is 1.00 bits per heavy atom. The molecule has 0 spiro atoms. The molecule has 0 unspecified atom stereocenters. The van der Waals surface area contributed by atoms with E-state index < -0.39 is 0 Å². The van der Waals surface area contributed by atoms with Crippen LogP contribution in [0.15, 0.2) is 42.6 Å². The normalized spacial score (nSPS) is 25.7. The minimum atomic E-state index is -0.201. The van der Waals surface area contributed by atoms with E-state index in [1.54, 1.807) is 4.90 Å². The summed E-state index contributed by atoms with van der Waals surface area (Å²) in [6.07, 6.45) is 7.12. The van der Waals surface area contributed by atoms with E-state index >= 15 is 0 Å². The van der Waals surface area contributed by atoms with Gasteiger partial charge in [-0.25, -0.2) is 0 Å². The minimum Gasteiger partial charge on any atom is -0.361 e. The van der Waals surface area contributed by atoms with E-state index in [1.807, 2.05) is 42.6 Å². The van der Waals surface area contributed by atoms with Crippen molar-refractivity contribution in [2.24, 2.45) is 11.8 Å². The number of aromatic amines is 1. The lowest BCUT2D eigenvalue weighted by Crippen LogP contribution is -2.62. The highest BCUT2D eigenvalue weighted by atomic mass is 16.2. The van der Waals surface area contributed by atoms with Crippen molar-refractivity contribution in [2.45, 2.75) is 18.9 Å². The molecule has 2 atom stereocenters. The van der Waals surface area contributed by atoms with Crippen LogP contribution in [-0.2, 0) is 9.59 Å². The summed E-state index contributed by atoms with van der Waals surface area (Å²) in [4.78, 5) is 44.1. The Morgan fingerprint density at radius 2 is 1.69 bits per heavy atom. The van der Waals surface area contributed by atoms with E-state index in [0.29, 0.717) is 31.5 Å². The number of nitrogens with one attached hydrogen (secondary N) is 1. The number of rotatable bonds is 2. The number of carbonyl (C=O) groups is 3. The molecule has 1 N–H and O–H groups in total. The zero-order valence-corrected chi connectivity index (χ0v) is 14.2. The van der Waals surface area contributed by atoms with Gasteiger partial charge in [-0.05, 0) is 36.4 Å². The number of allylic oxidation sites excluding steroid dienone is 2. The summed E-state index contributed by atoms with van der Waals surface area (Å²) in [5.74, 6) is -0.584. The molecule has 1 aromatic carbocycles. The van der Waals surface area contributed by atoms with Gasteiger partial charge in [-0.3, -0.25) is 19.3 Å². The monoisotopic (exact) mass is 349 g/mol. The smallest absolute Gasteiger partial charge is 0.254 e.